The molecule has 0 heterocycles. The third kappa shape index (κ3) is 4.79. The van der Waals surface area contributed by atoms with E-state index in [1.165, 1.54) is 12.7 Å². The van der Waals surface area contributed by atoms with Crippen LogP contribution in [-0.2, 0) is 10.2 Å². The van der Waals surface area contributed by atoms with Crippen molar-refractivity contribution in [3.8, 4) is 17.6 Å². The van der Waals surface area contributed by atoms with Crippen molar-refractivity contribution in [2.24, 2.45) is 0 Å². The summed E-state index contributed by atoms with van der Waals surface area (Å²) in [7, 11) is 1.54. The first-order valence-corrected chi connectivity index (χ1v) is 9.20. The summed E-state index contributed by atoms with van der Waals surface area (Å²) in [5.41, 5.74) is 1.95. The summed E-state index contributed by atoms with van der Waals surface area (Å²) in [6.45, 7) is 1.11. The molecular formula is C22H24N2O3. The lowest BCUT2D eigenvalue weighted by molar-refractivity contribution is -0.121. The standard InChI is InChI=1S/C22H24N2O3/c1-26-20-14-17(15-23)9-10-19(20)27-13-5-8-21(25)24-16-22(11-12-22)18-6-3-2-4-7-18/h2-4,6-7,9-10,14H,5,8,11-13,16H2,1H3,(H,24,25). The van der Waals surface area contributed by atoms with Crippen LogP contribution in [0.5, 0.6) is 11.5 Å². The van der Waals surface area contributed by atoms with E-state index in [0.29, 0.717) is 43.1 Å². The molecule has 0 aliphatic heterocycles. The first-order chi connectivity index (χ1) is 13.2. The fourth-order valence-corrected chi connectivity index (χ4v) is 3.14. The van der Waals surface area contributed by atoms with Crippen molar-refractivity contribution in [3.05, 3.63) is 59.7 Å². The summed E-state index contributed by atoms with van der Waals surface area (Å²) < 4.78 is 10.9. The van der Waals surface area contributed by atoms with Crippen molar-refractivity contribution in [1.82, 2.24) is 5.32 Å². The number of nitriles is 1. The second-order valence-corrected chi connectivity index (χ2v) is 6.85. The van der Waals surface area contributed by atoms with E-state index in [1.54, 1.807) is 18.2 Å². The maximum absolute atomic E-state index is 12.1. The third-order valence-electron chi connectivity index (χ3n) is 4.96. The van der Waals surface area contributed by atoms with Crippen LogP contribution in [0.4, 0.5) is 0 Å². The van der Waals surface area contributed by atoms with Gasteiger partial charge in [0, 0.05) is 24.4 Å². The van der Waals surface area contributed by atoms with E-state index in [9.17, 15) is 4.79 Å². The lowest BCUT2D eigenvalue weighted by Crippen LogP contribution is -2.32. The number of hydrogen-bond acceptors (Lipinski definition) is 4. The van der Waals surface area contributed by atoms with Gasteiger partial charge >= 0.3 is 0 Å². The lowest BCUT2D eigenvalue weighted by Gasteiger charge is -2.16. The molecule has 1 amide bonds. The van der Waals surface area contributed by atoms with Gasteiger partial charge in [-0.1, -0.05) is 30.3 Å². The molecule has 0 aromatic heterocycles. The first-order valence-electron chi connectivity index (χ1n) is 9.20. The zero-order valence-electron chi connectivity index (χ0n) is 15.5. The lowest BCUT2D eigenvalue weighted by atomic mass is 9.96. The molecule has 5 nitrogen and oxygen atoms in total. The molecule has 0 atom stereocenters. The van der Waals surface area contributed by atoms with E-state index in [0.717, 1.165) is 12.8 Å². The van der Waals surface area contributed by atoms with Crippen molar-refractivity contribution in [2.45, 2.75) is 31.1 Å². The molecule has 140 valence electrons. The number of hydrogen-bond donors (Lipinski definition) is 1. The van der Waals surface area contributed by atoms with Gasteiger partial charge in [0.05, 0.1) is 25.3 Å². The Labute approximate surface area is 159 Å². The monoisotopic (exact) mass is 364 g/mol. The second kappa shape index (κ2) is 8.59. The molecule has 0 bridgehead atoms. The van der Waals surface area contributed by atoms with Crippen LogP contribution < -0.4 is 14.8 Å². The zero-order valence-corrected chi connectivity index (χ0v) is 15.5. The third-order valence-corrected chi connectivity index (χ3v) is 4.96. The highest BCUT2D eigenvalue weighted by Crippen LogP contribution is 2.47. The molecule has 1 aliphatic carbocycles. The van der Waals surface area contributed by atoms with Gasteiger partial charge in [0.2, 0.25) is 5.91 Å². The number of benzene rings is 2. The molecule has 1 saturated carbocycles. The van der Waals surface area contributed by atoms with Crippen LogP contribution in [0.1, 0.15) is 36.8 Å². The van der Waals surface area contributed by atoms with Crippen molar-refractivity contribution in [1.29, 1.82) is 5.26 Å². The fraction of sp³-hybridized carbons (Fsp3) is 0.364. The van der Waals surface area contributed by atoms with Crippen molar-refractivity contribution < 1.29 is 14.3 Å². The Morgan fingerprint density at radius 3 is 2.63 bits per heavy atom. The molecule has 1 fully saturated rings. The van der Waals surface area contributed by atoms with Gasteiger partial charge in [0.1, 0.15) is 0 Å². The molecule has 0 radical (unpaired) electrons. The number of nitrogens with zero attached hydrogens (tertiary/aromatic N) is 1. The van der Waals surface area contributed by atoms with Crippen LogP contribution in [0.15, 0.2) is 48.5 Å². The molecule has 0 spiro atoms. The predicted octanol–water partition coefficient (Wildman–Crippen LogP) is 3.57. The number of methoxy groups -OCH3 is 1. The number of carbonyl (C=O) groups excluding carboxylic acids is 1. The van der Waals surface area contributed by atoms with Crippen molar-refractivity contribution in [2.75, 3.05) is 20.3 Å². The van der Waals surface area contributed by atoms with Crippen LogP contribution >= 0.6 is 0 Å². The number of nitrogens with one attached hydrogen (secondary N) is 1. The van der Waals surface area contributed by atoms with Gasteiger partial charge in [0.25, 0.3) is 0 Å². The Morgan fingerprint density at radius 2 is 1.96 bits per heavy atom. The molecule has 0 unspecified atom stereocenters. The van der Waals surface area contributed by atoms with Gasteiger partial charge in [-0.3, -0.25) is 4.79 Å². The minimum atomic E-state index is 0.0487. The Bertz CT molecular complexity index is 823. The quantitative estimate of drug-likeness (QED) is 0.691. The van der Waals surface area contributed by atoms with Crippen LogP contribution in [0, 0.1) is 11.3 Å². The van der Waals surface area contributed by atoms with Crippen LogP contribution in [-0.4, -0.2) is 26.2 Å². The zero-order chi connectivity index (χ0) is 19.1. The first kappa shape index (κ1) is 18.8. The van der Waals surface area contributed by atoms with Gasteiger partial charge in [-0.2, -0.15) is 5.26 Å². The highest BCUT2D eigenvalue weighted by Gasteiger charge is 2.44. The maximum atomic E-state index is 12.1. The summed E-state index contributed by atoms with van der Waals surface area (Å²) in [4.78, 5) is 12.1. The summed E-state index contributed by atoms with van der Waals surface area (Å²) in [6.07, 6.45) is 3.29. The van der Waals surface area contributed by atoms with Gasteiger partial charge in [0.15, 0.2) is 11.5 Å². The number of rotatable bonds is 9. The molecule has 2 aromatic rings. The van der Waals surface area contributed by atoms with E-state index in [1.807, 2.05) is 18.2 Å². The smallest absolute Gasteiger partial charge is 0.220 e. The van der Waals surface area contributed by atoms with Crippen LogP contribution in [0.25, 0.3) is 0 Å². The summed E-state index contributed by atoms with van der Waals surface area (Å²) in [6, 6.07) is 17.5. The number of ether oxygens (including phenoxy) is 2. The molecule has 0 saturated heterocycles. The molecular weight excluding hydrogens is 340 g/mol. The Morgan fingerprint density at radius 1 is 1.19 bits per heavy atom. The molecule has 27 heavy (non-hydrogen) atoms. The highest BCUT2D eigenvalue weighted by atomic mass is 16.5. The van der Waals surface area contributed by atoms with E-state index in [4.69, 9.17) is 14.7 Å². The second-order valence-electron chi connectivity index (χ2n) is 6.85. The minimum Gasteiger partial charge on any atom is -0.493 e. The van der Waals surface area contributed by atoms with Gasteiger partial charge in [-0.05, 0) is 37.0 Å². The predicted molar refractivity (Wildman–Crippen MR) is 103 cm³/mol. The van der Waals surface area contributed by atoms with Crippen LogP contribution in [0.2, 0.25) is 0 Å². The molecule has 1 N–H and O–H groups in total. The fourth-order valence-electron chi connectivity index (χ4n) is 3.14. The maximum Gasteiger partial charge on any atom is 0.220 e. The van der Waals surface area contributed by atoms with Gasteiger partial charge in [-0.15, -0.1) is 0 Å². The topological polar surface area (TPSA) is 71.3 Å². The average molecular weight is 364 g/mol. The Kier molecular flexibility index (Phi) is 5.97. The molecule has 3 rings (SSSR count). The van der Waals surface area contributed by atoms with Gasteiger partial charge in [-0.25, -0.2) is 0 Å². The molecule has 2 aromatic carbocycles. The highest BCUT2D eigenvalue weighted by molar-refractivity contribution is 5.76. The SMILES string of the molecule is COc1cc(C#N)ccc1OCCCC(=O)NCC1(c2ccccc2)CC1. The summed E-state index contributed by atoms with van der Waals surface area (Å²) in [5, 5.41) is 12.0. The molecule has 1 aliphatic rings. The van der Waals surface area contributed by atoms with Crippen molar-refractivity contribution in [3.63, 3.8) is 0 Å². The summed E-state index contributed by atoms with van der Waals surface area (Å²) >= 11 is 0. The Hall–Kier alpha value is -3.00. The summed E-state index contributed by atoms with van der Waals surface area (Å²) in [5.74, 6) is 1.16. The molecule has 5 heteroatoms. The van der Waals surface area contributed by atoms with E-state index in [-0.39, 0.29) is 11.3 Å². The van der Waals surface area contributed by atoms with E-state index < -0.39 is 0 Å². The number of carbonyl (C=O) groups is 1. The number of amides is 1. The Balaban J connectivity index is 1.40. The van der Waals surface area contributed by atoms with E-state index in [2.05, 4.69) is 23.5 Å². The van der Waals surface area contributed by atoms with E-state index >= 15 is 0 Å². The van der Waals surface area contributed by atoms with Gasteiger partial charge < -0.3 is 14.8 Å². The minimum absolute atomic E-state index is 0.0487. The average Bonchev–Trinajstić information content (AvgIpc) is 3.51. The normalized spacial score (nSPS) is 14.1. The van der Waals surface area contributed by atoms with Crippen LogP contribution in [0.3, 0.4) is 0 Å². The largest absolute Gasteiger partial charge is 0.493 e. The van der Waals surface area contributed by atoms with Crippen molar-refractivity contribution >= 4 is 5.91 Å².